The summed E-state index contributed by atoms with van der Waals surface area (Å²) in [5, 5.41) is 2.79. The van der Waals surface area contributed by atoms with Crippen LogP contribution in [-0.2, 0) is 20.4 Å². The molecule has 0 spiro atoms. The van der Waals surface area contributed by atoms with Gasteiger partial charge in [-0.25, -0.2) is 0 Å². The number of rotatable bonds is 3. The Labute approximate surface area is 148 Å². The van der Waals surface area contributed by atoms with Crippen LogP contribution in [0.15, 0.2) is 97.6 Å². The van der Waals surface area contributed by atoms with Crippen LogP contribution in [0, 0.1) is 0 Å². The zero-order valence-electron chi connectivity index (χ0n) is 12.3. The van der Waals surface area contributed by atoms with Gasteiger partial charge in [-0.2, -0.15) is 0 Å². The molecule has 0 N–H and O–H groups in total. The van der Waals surface area contributed by atoms with Crippen LogP contribution in [0.5, 0.6) is 0 Å². The van der Waals surface area contributed by atoms with Gasteiger partial charge in [0.15, 0.2) is 0 Å². The van der Waals surface area contributed by atoms with Crippen molar-refractivity contribution >= 4 is 25.3 Å². The van der Waals surface area contributed by atoms with Crippen LogP contribution < -0.4 is 10.6 Å². The second-order valence-corrected chi connectivity index (χ2v) is 5.88. The van der Waals surface area contributed by atoms with Gasteiger partial charge in [0.25, 0.3) is 0 Å². The summed E-state index contributed by atoms with van der Waals surface area (Å²) >= 11 is 0. The fourth-order valence-corrected chi connectivity index (χ4v) is 2.85. The van der Waals surface area contributed by atoms with Crippen molar-refractivity contribution in [3.63, 3.8) is 0 Å². The van der Waals surface area contributed by atoms with Crippen molar-refractivity contribution < 1.29 is 20.4 Å². The molecule has 114 valence electrons. The maximum atomic E-state index is 3.63. The molecular weight excluding hydrogens is 378 g/mol. The summed E-state index contributed by atoms with van der Waals surface area (Å²) in [5.41, 5.74) is 1.17. The Morgan fingerprint density at radius 2 is 0.955 bits per heavy atom. The van der Waals surface area contributed by atoms with Crippen molar-refractivity contribution in [1.29, 1.82) is 0 Å². The third-order valence-electron chi connectivity index (χ3n) is 2.87. The van der Waals surface area contributed by atoms with E-state index in [-0.39, 0.29) is 20.4 Å². The van der Waals surface area contributed by atoms with E-state index in [2.05, 4.69) is 67.2 Å². The van der Waals surface area contributed by atoms with Crippen LogP contribution in [0.2, 0.25) is 0 Å². The van der Waals surface area contributed by atoms with Gasteiger partial charge >= 0.3 is 0 Å². The van der Waals surface area contributed by atoms with Gasteiger partial charge in [-0.3, -0.25) is 0 Å². The van der Waals surface area contributed by atoms with E-state index >= 15 is 0 Å². The van der Waals surface area contributed by atoms with Crippen molar-refractivity contribution in [2.24, 2.45) is 0 Å². The van der Waals surface area contributed by atoms with Crippen molar-refractivity contribution in [1.82, 2.24) is 0 Å². The molecule has 3 aromatic rings. The summed E-state index contributed by atoms with van der Waals surface area (Å²) in [6.45, 7) is 3.63. The first-order chi connectivity index (χ1) is 10.4. The fourth-order valence-electron chi connectivity index (χ4n) is 1.80. The zero-order valence-corrected chi connectivity index (χ0v) is 14.8. The third-order valence-corrected chi connectivity index (χ3v) is 4.12. The molecule has 22 heavy (non-hydrogen) atoms. The topological polar surface area (TPSA) is 0 Å². The van der Waals surface area contributed by atoms with E-state index in [4.69, 9.17) is 0 Å². The van der Waals surface area contributed by atoms with Gasteiger partial charge in [-0.15, -0.1) is 0 Å². The number of benzene rings is 3. The maximum absolute atomic E-state index is 3.63. The first-order valence-electron chi connectivity index (χ1n) is 6.93. The van der Waals surface area contributed by atoms with Crippen LogP contribution in [0.1, 0.15) is 5.56 Å². The van der Waals surface area contributed by atoms with Crippen molar-refractivity contribution in [3.05, 3.63) is 103 Å². The molecule has 0 nitrogen and oxygen atoms in total. The number of hydrogen-bond donors (Lipinski definition) is 0. The Morgan fingerprint density at radius 3 is 1.27 bits per heavy atom. The molecule has 0 saturated carbocycles. The SMILES string of the molecule is C=Cc1ccccc1.[Pd].c1ccc(Pc2ccccc2)cc1. The Bertz CT molecular complexity index is 599. The predicted molar refractivity (Wildman–Crippen MR) is 97.0 cm³/mol. The first kappa shape index (κ1) is 18.5. The van der Waals surface area contributed by atoms with Crippen LogP contribution in [0.25, 0.3) is 6.08 Å². The summed E-state index contributed by atoms with van der Waals surface area (Å²) < 4.78 is 0. The Hall–Kier alpha value is -1.51. The largest absolute Gasteiger partial charge is 0.0985 e. The predicted octanol–water partition coefficient (Wildman–Crippen LogP) is 4.64. The average Bonchev–Trinajstić information content (AvgIpc) is 2.58. The molecule has 0 aliphatic heterocycles. The molecule has 0 amide bonds. The minimum atomic E-state index is 0. The minimum Gasteiger partial charge on any atom is -0.0985 e. The average molecular weight is 397 g/mol. The molecule has 0 saturated heterocycles. The Kier molecular flexibility index (Phi) is 9.36. The summed E-state index contributed by atoms with van der Waals surface area (Å²) in [6, 6.07) is 31.2. The van der Waals surface area contributed by atoms with E-state index in [1.54, 1.807) is 0 Å². The summed E-state index contributed by atoms with van der Waals surface area (Å²) in [5.74, 6) is 0. The molecule has 0 radical (unpaired) electrons. The molecule has 2 heteroatoms. The van der Waals surface area contributed by atoms with E-state index in [0.717, 1.165) is 8.58 Å². The monoisotopic (exact) mass is 396 g/mol. The normalized spacial score (nSPS) is 8.91. The van der Waals surface area contributed by atoms with Gasteiger partial charge in [0.2, 0.25) is 0 Å². The molecule has 0 aliphatic carbocycles. The van der Waals surface area contributed by atoms with Gasteiger partial charge < -0.3 is 0 Å². The van der Waals surface area contributed by atoms with Gasteiger partial charge in [-0.05, 0) is 16.2 Å². The summed E-state index contributed by atoms with van der Waals surface area (Å²) in [7, 11) is 0.777. The minimum absolute atomic E-state index is 0. The van der Waals surface area contributed by atoms with Crippen LogP contribution in [-0.4, -0.2) is 0 Å². The molecule has 0 atom stereocenters. The van der Waals surface area contributed by atoms with Gasteiger partial charge in [-0.1, -0.05) is 112 Å². The number of hydrogen-bond acceptors (Lipinski definition) is 0. The van der Waals surface area contributed by atoms with E-state index in [0.29, 0.717) is 0 Å². The molecule has 0 heterocycles. The van der Waals surface area contributed by atoms with Crippen molar-refractivity contribution in [2.45, 2.75) is 0 Å². The summed E-state index contributed by atoms with van der Waals surface area (Å²) in [4.78, 5) is 0. The zero-order chi connectivity index (χ0) is 14.8. The fraction of sp³-hybridized carbons (Fsp3) is 0. The van der Waals surface area contributed by atoms with Crippen LogP contribution in [0.3, 0.4) is 0 Å². The smallest absolute Gasteiger partial charge is 0 e. The van der Waals surface area contributed by atoms with Gasteiger partial charge in [0, 0.05) is 20.4 Å². The van der Waals surface area contributed by atoms with E-state index < -0.39 is 0 Å². The molecule has 0 aliphatic rings. The van der Waals surface area contributed by atoms with Gasteiger partial charge in [0.05, 0.1) is 0 Å². The second-order valence-electron chi connectivity index (χ2n) is 4.47. The third kappa shape index (κ3) is 6.97. The quantitative estimate of drug-likeness (QED) is 0.447. The molecular formula is C20H19PPd. The molecule has 0 unspecified atom stereocenters. The van der Waals surface area contributed by atoms with E-state index in [1.165, 1.54) is 16.2 Å². The van der Waals surface area contributed by atoms with Crippen molar-refractivity contribution in [3.8, 4) is 0 Å². The van der Waals surface area contributed by atoms with E-state index in [9.17, 15) is 0 Å². The maximum Gasteiger partial charge on any atom is 0 e. The van der Waals surface area contributed by atoms with Crippen LogP contribution >= 0.6 is 8.58 Å². The van der Waals surface area contributed by atoms with Crippen LogP contribution in [0.4, 0.5) is 0 Å². The van der Waals surface area contributed by atoms with Gasteiger partial charge in [0.1, 0.15) is 0 Å². The Balaban J connectivity index is 0.000000234. The molecule has 0 bridgehead atoms. The standard InChI is InChI=1S/C12H11P.C8H8.Pd/c1-3-7-11(8-4-1)13-12-9-5-2-6-10-12;1-2-8-6-4-3-5-7-8;/h1-10,13H;2-7H,1H2;. The van der Waals surface area contributed by atoms with E-state index in [1.807, 2.05) is 36.4 Å². The molecule has 0 aromatic heterocycles. The Morgan fingerprint density at radius 1 is 0.591 bits per heavy atom. The second kappa shape index (κ2) is 11.1. The molecule has 0 fully saturated rings. The first-order valence-corrected chi connectivity index (χ1v) is 7.93. The molecule has 3 aromatic carbocycles. The summed E-state index contributed by atoms with van der Waals surface area (Å²) in [6.07, 6.45) is 1.83. The molecule has 3 rings (SSSR count). The van der Waals surface area contributed by atoms with Crippen molar-refractivity contribution in [2.75, 3.05) is 0 Å².